The summed E-state index contributed by atoms with van der Waals surface area (Å²) in [7, 11) is 2.82. The molecular weight excluding hydrogens is 304 g/mol. The SMILES string of the molecule is COC(=O)C[C@@H]1c2ccc3c(c2CC[C@]1(C)C(=O)OC)CCCC3. The number of methoxy groups -OCH3 is 2. The Morgan fingerprint density at radius 2 is 1.83 bits per heavy atom. The number of esters is 2. The first-order valence-corrected chi connectivity index (χ1v) is 8.80. The third-order valence-electron chi connectivity index (χ3n) is 5.98. The molecule has 4 nitrogen and oxygen atoms in total. The Bertz CT molecular complexity index is 664. The largest absolute Gasteiger partial charge is 0.469 e. The minimum absolute atomic E-state index is 0.187. The van der Waals surface area contributed by atoms with Crippen LogP contribution in [0.25, 0.3) is 0 Å². The van der Waals surface area contributed by atoms with Crippen molar-refractivity contribution >= 4 is 11.9 Å². The second-order valence-electron chi connectivity index (χ2n) is 7.22. The highest BCUT2D eigenvalue weighted by molar-refractivity contribution is 5.81. The number of fused-ring (bicyclic) bond motifs is 3. The molecule has 1 aromatic carbocycles. The molecular formula is C20H26O4. The second-order valence-corrected chi connectivity index (χ2v) is 7.22. The van der Waals surface area contributed by atoms with E-state index in [-0.39, 0.29) is 24.3 Å². The van der Waals surface area contributed by atoms with Crippen LogP contribution in [0.3, 0.4) is 0 Å². The van der Waals surface area contributed by atoms with Crippen molar-refractivity contribution in [2.45, 2.75) is 57.8 Å². The number of carbonyl (C=O) groups is 2. The number of ether oxygens (including phenoxy) is 2. The highest BCUT2D eigenvalue weighted by atomic mass is 16.5. The van der Waals surface area contributed by atoms with Gasteiger partial charge in [-0.3, -0.25) is 9.59 Å². The maximum Gasteiger partial charge on any atom is 0.312 e. The lowest BCUT2D eigenvalue weighted by molar-refractivity contribution is -0.155. The maximum absolute atomic E-state index is 12.5. The van der Waals surface area contributed by atoms with Crippen LogP contribution in [0.15, 0.2) is 12.1 Å². The normalized spacial score (nSPS) is 25.4. The first-order chi connectivity index (χ1) is 11.5. The van der Waals surface area contributed by atoms with Gasteiger partial charge in [0, 0.05) is 5.92 Å². The quantitative estimate of drug-likeness (QED) is 0.798. The molecule has 130 valence electrons. The number of carbonyl (C=O) groups excluding carboxylic acids is 2. The summed E-state index contributed by atoms with van der Waals surface area (Å²) in [4.78, 5) is 24.5. The van der Waals surface area contributed by atoms with Gasteiger partial charge in [0.15, 0.2) is 0 Å². The van der Waals surface area contributed by atoms with E-state index in [0.717, 1.165) is 24.8 Å². The molecule has 3 rings (SSSR count). The van der Waals surface area contributed by atoms with Gasteiger partial charge in [0.2, 0.25) is 0 Å². The van der Waals surface area contributed by atoms with E-state index in [2.05, 4.69) is 12.1 Å². The predicted molar refractivity (Wildman–Crippen MR) is 90.9 cm³/mol. The minimum atomic E-state index is -0.682. The molecule has 0 fully saturated rings. The standard InChI is InChI=1S/C20H26O4/c1-20(19(22)24-3)11-10-15-14-7-5-4-6-13(14)8-9-16(15)17(20)12-18(21)23-2/h8-9,17H,4-7,10-12H2,1-3H3/t17-,20+/m1/s1. The van der Waals surface area contributed by atoms with E-state index in [4.69, 9.17) is 9.47 Å². The van der Waals surface area contributed by atoms with Crippen molar-refractivity contribution in [2.24, 2.45) is 5.41 Å². The van der Waals surface area contributed by atoms with Gasteiger partial charge in [-0.25, -0.2) is 0 Å². The Morgan fingerprint density at radius 1 is 1.08 bits per heavy atom. The molecule has 24 heavy (non-hydrogen) atoms. The minimum Gasteiger partial charge on any atom is -0.469 e. The van der Waals surface area contributed by atoms with Crippen molar-refractivity contribution in [3.63, 3.8) is 0 Å². The molecule has 2 aliphatic rings. The van der Waals surface area contributed by atoms with Crippen LogP contribution in [0.4, 0.5) is 0 Å². The number of aryl methyl sites for hydroxylation is 1. The second kappa shape index (κ2) is 6.58. The molecule has 0 aromatic heterocycles. The van der Waals surface area contributed by atoms with E-state index in [1.165, 1.54) is 43.8 Å². The Kier molecular flexibility index (Phi) is 4.66. The van der Waals surface area contributed by atoms with Gasteiger partial charge in [-0.05, 0) is 67.7 Å². The fourth-order valence-corrected chi connectivity index (χ4v) is 4.51. The molecule has 2 aliphatic carbocycles. The molecule has 0 N–H and O–H groups in total. The lowest BCUT2D eigenvalue weighted by Gasteiger charge is -2.41. The van der Waals surface area contributed by atoms with E-state index < -0.39 is 5.41 Å². The molecule has 0 aliphatic heterocycles. The fraction of sp³-hybridized carbons (Fsp3) is 0.600. The summed E-state index contributed by atoms with van der Waals surface area (Å²) < 4.78 is 9.97. The Morgan fingerprint density at radius 3 is 2.54 bits per heavy atom. The Balaban J connectivity index is 2.08. The van der Waals surface area contributed by atoms with Gasteiger partial charge in [-0.2, -0.15) is 0 Å². The van der Waals surface area contributed by atoms with Crippen molar-refractivity contribution in [3.8, 4) is 0 Å². The first kappa shape index (κ1) is 17.0. The summed E-state index contributed by atoms with van der Waals surface area (Å²) in [6.45, 7) is 1.93. The van der Waals surface area contributed by atoms with E-state index >= 15 is 0 Å². The van der Waals surface area contributed by atoms with Crippen LogP contribution in [0.5, 0.6) is 0 Å². The number of rotatable bonds is 3. The molecule has 0 heterocycles. The average molecular weight is 330 g/mol. The molecule has 0 saturated carbocycles. The van der Waals surface area contributed by atoms with Gasteiger partial charge in [0.25, 0.3) is 0 Å². The molecule has 0 saturated heterocycles. The summed E-state index contributed by atoms with van der Waals surface area (Å²) in [5.74, 6) is -0.700. The van der Waals surface area contributed by atoms with E-state index in [1.807, 2.05) is 6.92 Å². The third kappa shape index (κ3) is 2.72. The average Bonchev–Trinajstić information content (AvgIpc) is 2.62. The van der Waals surface area contributed by atoms with E-state index in [1.54, 1.807) is 0 Å². The molecule has 0 bridgehead atoms. The summed E-state index contributed by atoms with van der Waals surface area (Å²) in [5, 5.41) is 0. The van der Waals surface area contributed by atoms with Gasteiger partial charge < -0.3 is 9.47 Å². The van der Waals surface area contributed by atoms with Crippen LogP contribution in [-0.4, -0.2) is 26.2 Å². The molecule has 0 spiro atoms. The van der Waals surface area contributed by atoms with Crippen molar-refractivity contribution in [3.05, 3.63) is 34.4 Å². The van der Waals surface area contributed by atoms with Crippen LogP contribution in [0, 0.1) is 5.41 Å². The van der Waals surface area contributed by atoms with Crippen molar-refractivity contribution in [1.29, 1.82) is 0 Å². The van der Waals surface area contributed by atoms with Crippen LogP contribution in [0.1, 0.15) is 60.8 Å². The summed E-state index contributed by atoms with van der Waals surface area (Å²) in [6.07, 6.45) is 6.52. The molecule has 1 aromatic rings. The smallest absolute Gasteiger partial charge is 0.312 e. The first-order valence-electron chi connectivity index (χ1n) is 8.80. The van der Waals surface area contributed by atoms with Gasteiger partial charge in [-0.1, -0.05) is 12.1 Å². The zero-order valence-corrected chi connectivity index (χ0v) is 14.8. The van der Waals surface area contributed by atoms with Crippen molar-refractivity contribution < 1.29 is 19.1 Å². The van der Waals surface area contributed by atoms with Gasteiger partial charge in [-0.15, -0.1) is 0 Å². The van der Waals surface area contributed by atoms with Gasteiger partial charge >= 0.3 is 11.9 Å². The number of hydrogen-bond acceptors (Lipinski definition) is 4. The molecule has 0 unspecified atom stereocenters. The summed E-state index contributed by atoms with van der Waals surface area (Å²) in [5.41, 5.74) is 4.72. The molecule has 0 radical (unpaired) electrons. The van der Waals surface area contributed by atoms with Crippen LogP contribution < -0.4 is 0 Å². The maximum atomic E-state index is 12.5. The number of benzene rings is 1. The summed E-state index contributed by atoms with van der Waals surface area (Å²) >= 11 is 0. The van der Waals surface area contributed by atoms with Crippen molar-refractivity contribution in [2.75, 3.05) is 14.2 Å². The monoisotopic (exact) mass is 330 g/mol. The van der Waals surface area contributed by atoms with Crippen LogP contribution in [-0.2, 0) is 38.3 Å². The highest BCUT2D eigenvalue weighted by Gasteiger charge is 2.47. The topological polar surface area (TPSA) is 52.6 Å². The molecule has 0 amide bonds. The van der Waals surface area contributed by atoms with Gasteiger partial charge in [0.05, 0.1) is 26.1 Å². The lowest BCUT2D eigenvalue weighted by Crippen LogP contribution is -2.40. The lowest BCUT2D eigenvalue weighted by atomic mass is 9.62. The summed E-state index contributed by atoms with van der Waals surface area (Å²) in [6, 6.07) is 4.33. The van der Waals surface area contributed by atoms with Gasteiger partial charge in [0.1, 0.15) is 0 Å². The van der Waals surface area contributed by atoms with Crippen LogP contribution >= 0.6 is 0 Å². The number of hydrogen-bond donors (Lipinski definition) is 0. The Labute approximate surface area is 143 Å². The third-order valence-corrected chi connectivity index (χ3v) is 5.98. The van der Waals surface area contributed by atoms with E-state index in [0.29, 0.717) is 6.42 Å². The van der Waals surface area contributed by atoms with Crippen LogP contribution in [0.2, 0.25) is 0 Å². The molecule has 4 heteroatoms. The highest BCUT2D eigenvalue weighted by Crippen LogP contribution is 2.49. The van der Waals surface area contributed by atoms with Crippen molar-refractivity contribution in [1.82, 2.24) is 0 Å². The zero-order valence-electron chi connectivity index (χ0n) is 14.8. The predicted octanol–water partition coefficient (Wildman–Crippen LogP) is 3.34. The molecule has 2 atom stereocenters. The fourth-order valence-electron chi connectivity index (χ4n) is 4.51. The van der Waals surface area contributed by atoms with E-state index in [9.17, 15) is 9.59 Å². The Hall–Kier alpha value is -1.84. The zero-order chi connectivity index (χ0) is 17.3.